The van der Waals surface area contributed by atoms with Crippen LogP contribution < -0.4 is 10.0 Å². The molecule has 2 aromatic carbocycles. The van der Waals surface area contributed by atoms with E-state index in [9.17, 15) is 17.6 Å². The molecule has 1 aromatic heterocycles. The van der Waals surface area contributed by atoms with Crippen LogP contribution >= 0.6 is 11.6 Å². The van der Waals surface area contributed by atoms with Gasteiger partial charge in [0.25, 0.3) is 15.9 Å². The number of anilines is 1. The molecule has 0 aliphatic carbocycles. The zero-order valence-corrected chi connectivity index (χ0v) is 17.3. The number of rotatable bonds is 6. The lowest BCUT2D eigenvalue weighted by molar-refractivity contribution is 0.0950. The van der Waals surface area contributed by atoms with Gasteiger partial charge in [0.1, 0.15) is 5.82 Å². The van der Waals surface area contributed by atoms with Crippen LogP contribution in [0.3, 0.4) is 0 Å². The molecule has 0 bridgehead atoms. The molecule has 0 unspecified atom stereocenters. The lowest BCUT2D eigenvalue weighted by Gasteiger charge is -2.12. The number of hydrogen-bond acceptors (Lipinski definition) is 3. The first-order valence-electron chi connectivity index (χ1n) is 8.65. The molecule has 1 heterocycles. The van der Waals surface area contributed by atoms with E-state index in [0.29, 0.717) is 6.54 Å². The average Bonchev–Trinajstić information content (AvgIpc) is 3.00. The van der Waals surface area contributed by atoms with Gasteiger partial charge in [0, 0.05) is 24.0 Å². The summed E-state index contributed by atoms with van der Waals surface area (Å²) >= 11 is 6.09. The van der Waals surface area contributed by atoms with Gasteiger partial charge < -0.3 is 9.88 Å². The van der Waals surface area contributed by atoms with Crippen molar-refractivity contribution in [3.63, 3.8) is 0 Å². The summed E-state index contributed by atoms with van der Waals surface area (Å²) in [5, 5.41) is 2.92. The van der Waals surface area contributed by atoms with Gasteiger partial charge in [-0.25, -0.2) is 12.8 Å². The summed E-state index contributed by atoms with van der Waals surface area (Å²) in [4.78, 5) is 12.4. The molecule has 0 atom stereocenters. The lowest BCUT2D eigenvalue weighted by atomic mass is 10.2. The van der Waals surface area contributed by atoms with E-state index in [0.717, 1.165) is 35.7 Å². The van der Waals surface area contributed by atoms with Crippen LogP contribution in [0.5, 0.6) is 0 Å². The second-order valence-electron chi connectivity index (χ2n) is 6.46. The summed E-state index contributed by atoms with van der Waals surface area (Å²) in [6.45, 7) is 2.28. The Labute approximate surface area is 173 Å². The van der Waals surface area contributed by atoms with Crippen molar-refractivity contribution in [1.29, 1.82) is 0 Å². The molecule has 3 aromatic rings. The normalized spacial score (nSPS) is 11.3. The highest BCUT2D eigenvalue weighted by Crippen LogP contribution is 2.26. The van der Waals surface area contributed by atoms with Crippen molar-refractivity contribution < 1.29 is 17.6 Å². The molecule has 0 saturated heterocycles. The molecular weight excluding hydrogens is 417 g/mol. The van der Waals surface area contributed by atoms with Gasteiger partial charge in [-0.05, 0) is 61.5 Å². The molecular formula is C20H19ClFN3O3S. The fraction of sp³-hybridized carbons (Fsp3) is 0.150. The molecule has 6 nitrogen and oxygen atoms in total. The molecule has 0 spiro atoms. The second kappa shape index (κ2) is 8.26. The lowest BCUT2D eigenvalue weighted by Crippen LogP contribution is -2.24. The predicted molar refractivity (Wildman–Crippen MR) is 110 cm³/mol. The fourth-order valence-corrected chi connectivity index (χ4v) is 3.97. The van der Waals surface area contributed by atoms with Gasteiger partial charge >= 0.3 is 0 Å². The van der Waals surface area contributed by atoms with E-state index in [1.165, 1.54) is 18.2 Å². The highest BCUT2D eigenvalue weighted by molar-refractivity contribution is 7.92. The molecule has 0 fully saturated rings. The maximum absolute atomic E-state index is 13.0. The van der Waals surface area contributed by atoms with Crippen LogP contribution in [0.15, 0.2) is 59.5 Å². The first-order valence-corrected chi connectivity index (χ1v) is 10.5. The van der Waals surface area contributed by atoms with Crippen molar-refractivity contribution in [2.45, 2.75) is 18.4 Å². The number of hydrogen-bond donors (Lipinski definition) is 2. The first kappa shape index (κ1) is 20.9. The van der Waals surface area contributed by atoms with E-state index in [-0.39, 0.29) is 27.1 Å². The molecule has 152 valence electrons. The molecule has 0 saturated carbocycles. The third-order valence-electron chi connectivity index (χ3n) is 4.50. The smallest absolute Gasteiger partial charge is 0.261 e. The van der Waals surface area contributed by atoms with E-state index in [4.69, 9.17) is 11.6 Å². The fourth-order valence-electron chi connectivity index (χ4n) is 2.68. The Morgan fingerprint density at radius 2 is 1.79 bits per heavy atom. The van der Waals surface area contributed by atoms with Crippen molar-refractivity contribution in [3.05, 3.63) is 82.4 Å². The van der Waals surface area contributed by atoms with Gasteiger partial charge in [-0.3, -0.25) is 9.52 Å². The third-order valence-corrected chi connectivity index (χ3v) is 6.21. The minimum atomic E-state index is -3.99. The van der Waals surface area contributed by atoms with Gasteiger partial charge in [-0.15, -0.1) is 0 Å². The molecule has 29 heavy (non-hydrogen) atoms. The number of benzene rings is 2. The summed E-state index contributed by atoms with van der Waals surface area (Å²) in [6.07, 6.45) is 0. The molecule has 3 rings (SSSR count). The number of halogens is 2. The van der Waals surface area contributed by atoms with Gasteiger partial charge in [-0.2, -0.15) is 0 Å². The zero-order chi connectivity index (χ0) is 21.2. The minimum Gasteiger partial charge on any atom is -0.350 e. The van der Waals surface area contributed by atoms with Crippen LogP contribution in [0.25, 0.3) is 0 Å². The number of amides is 1. The second-order valence-corrected chi connectivity index (χ2v) is 8.55. The van der Waals surface area contributed by atoms with Crippen LogP contribution in [-0.4, -0.2) is 18.9 Å². The van der Waals surface area contributed by atoms with Gasteiger partial charge in [0.15, 0.2) is 0 Å². The summed E-state index contributed by atoms with van der Waals surface area (Å²) in [7, 11) is -2.09. The average molecular weight is 436 g/mol. The standard InChI is InChI=1S/C20H19ClFN3O3S/c1-13-3-7-16(25(13)2)12-23-20(26)14-4-10-18(21)19(11-14)24-29(27,28)17-8-5-15(22)6-9-17/h3-11,24H,12H2,1-2H3,(H,23,26). The molecule has 2 N–H and O–H groups in total. The van der Waals surface area contributed by atoms with E-state index < -0.39 is 15.8 Å². The molecule has 1 amide bonds. The minimum absolute atomic E-state index is 0.0540. The van der Waals surface area contributed by atoms with E-state index in [1.807, 2.05) is 30.7 Å². The van der Waals surface area contributed by atoms with Gasteiger partial charge in [0.2, 0.25) is 0 Å². The topological polar surface area (TPSA) is 80.2 Å². The summed E-state index contributed by atoms with van der Waals surface area (Å²) in [6, 6.07) is 12.5. The van der Waals surface area contributed by atoms with Crippen LogP contribution in [0.2, 0.25) is 5.02 Å². The summed E-state index contributed by atoms with van der Waals surface area (Å²) in [5.74, 6) is -0.920. The Kier molecular flexibility index (Phi) is 5.95. The van der Waals surface area contributed by atoms with Crippen molar-refractivity contribution in [3.8, 4) is 0 Å². The molecule has 0 radical (unpaired) electrons. The van der Waals surface area contributed by atoms with Gasteiger partial charge in [-0.1, -0.05) is 11.6 Å². The first-order chi connectivity index (χ1) is 13.7. The number of nitrogens with zero attached hydrogens (tertiary/aromatic N) is 1. The zero-order valence-electron chi connectivity index (χ0n) is 15.7. The van der Waals surface area contributed by atoms with E-state index >= 15 is 0 Å². The van der Waals surface area contributed by atoms with Crippen molar-refractivity contribution in [1.82, 2.24) is 9.88 Å². The summed E-state index contributed by atoms with van der Waals surface area (Å²) in [5.41, 5.74) is 2.30. The highest BCUT2D eigenvalue weighted by atomic mass is 35.5. The van der Waals surface area contributed by atoms with Crippen LogP contribution in [0.4, 0.5) is 10.1 Å². The Bertz CT molecular complexity index is 1160. The molecule has 0 aliphatic rings. The quantitative estimate of drug-likeness (QED) is 0.617. The number of aromatic nitrogens is 1. The van der Waals surface area contributed by atoms with Gasteiger partial charge in [0.05, 0.1) is 22.2 Å². The number of nitrogens with one attached hydrogen (secondary N) is 2. The van der Waals surface area contributed by atoms with Crippen LogP contribution in [-0.2, 0) is 23.6 Å². The molecule has 9 heteroatoms. The maximum atomic E-state index is 13.0. The van der Waals surface area contributed by atoms with E-state index in [1.54, 1.807) is 0 Å². The monoisotopic (exact) mass is 435 g/mol. The number of sulfonamides is 1. The maximum Gasteiger partial charge on any atom is 0.261 e. The Morgan fingerprint density at radius 1 is 1.10 bits per heavy atom. The Morgan fingerprint density at radius 3 is 2.41 bits per heavy atom. The van der Waals surface area contributed by atoms with Crippen molar-refractivity contribution in [2.75, 3.05) is 4.72 Å². The molecule has 0 aliphatic heterocycles. The third kappa shape index (κ3) is 4.78. The summed E-state index contributed by atoms with van der Waals surface area (Å²) < 4.78 is 42.3. The SMILES string of the molecule is Cc1ccc(CNC(=O)c2ccc(Cl)c(NS(=O)(=O)c3ccc(F)cc3)c2)n1C. The Balaban J connectivity index is 1.77. The number of carbonyl (C=O) groups is 1. The number of carbonyl (C=O) groups excluding carboxylic acids is 1. The van der Waals surface area contributed by atoms with Crippen LogP contribution in [0, 0.1) is 12.7 Å². The predicted octanol–water partition coefficient (Wildman–Crippen LogP) is 3.86. The van der Waals surface area contributed by atoms with Crippen molar-refractivity contribution >= 4 is 33.2 Å². The Hall–Kier alpha value is -2.84. The van der Waals surface area contributed by atoms with Crippen LogP contribution in [0.1, 0.15) is 21.7 Å². The number of aryl methyl sites for hydroxylation is 1. The largest absolute Gasteiger partial charge is 0.350 e. The van der Waals surface area contributed by atoms with E-state index in [2.05, 4.69) is 10.0 Å². The highest BCUT2D eigenvalue weighted by Gasteiger charge is 2.17. The van der Waals surface area contributed by atoms with Crippen molar-refractivity contribution in [2.24, 2.45) is 7.05 Å².